The van der Waals surface area contributed by atoms with Gasteiger partial charge in [-0.1, -0.05) is 23.2 Å². The fourth-order valence-electron chi connectivity index (χ4n) is 2.45. The van der Waals surface area contributed by atoms with Crippen molar-refractivity contribution in [1.82, 2.24) is 4.90 Å². The molecule has 0 aliphatic carbocycles. The normalized spacial score (nSPS) is 19.4. The second kappa shape index (κ2) is 6.23. The van der Waals surface area contributed by atoms with Crippen LogP contribution in [0.15, 0.2) is 18.2 Å². The van der Waals surface area contributed by atoms with Gasteiger partial charge in [0.15, 0.2) is 5.78 Å². The smallest absolute Gasteiger partial charge is 0.166 e. The van der Waals surface area contributed by atoms with Gasteiger partial charge < -0.3 is 5.73 Å². The molecule has 0 radical (unpaired) electrons. The molecule has 0 spiro atoms. The van der Waals surface area contributed by atoms with Crippen molar-refractivity contribution in [2.75, 3.05) is 13.1 Å². The Bertz CT molecular complexity index is 469. The van der Waals surface area contributed by atoms with E-state index in [1.807, 2.05) is 6.92 Å². The Kier molecular flexibility index (Phi) is 4.85. The monoisotopic (exact) mass is 300 g/mol. The number of likely N-dealkylation sites (tertiary alicyclic amines) is 1. The highest BCUT2D eigenvalue weighted by Crippen LogP contribution is 2.27. The highest BCUT2D eigenvalue weighted by molar-refractivity contribution is 6.42. The van der Waals surface area contributed by atoms with E-state index >= 15 is 0 Å². The predicted octanol–water partition coefficient (Wildman–Crippen LogP) is 3.19. The van der Waals surface area contributed by atoms with Gasteiger partial charge >= 0.3 is 0 Å². The molecular formula is C14H18Cl2N2O. The van der Waals surface area contributed by atoms with Crippen LogP contribution < -0.4 is 5.73 Å². The maximum Gasteiger partial charge on any atom is 0.166 e. The lowest BCUT2D eigenvalue weighted by Crippen LogP contribution is -2.45. The van der Waals surface area contributed by atoms with E-state index in [9.17, 15) is 4.79 Å². The van der Waals surface area contributed by atoms with Crippen molar-refractivity contribution in [3.8, 4) is 0 Å². The number of nitrogens with zero attached hydrogens (tertiary/aromatic N) is 1. The zero-order valence-electron chi connectivity index (χ0n) is 10.9. The van der Waals surface area contributed by atoms with Gasteiger partial charge in [0.2, 0.25) is 0 Å². The molecule has 1 aromatic carbocycles. The van der Waals surface area contributed by atoms with Crippen LogP contribution in [0.5, 0.6) is 0 Å². The van der Waals surface area contributed by atoms with E-state index in [4.69, 9.17) is 28.9 Å². The molecule has 1 heterocycles. The summed E-state index contributed by atoms with van der Waals surface area (Å²) in [5.41, 5.74) is 6.49. The Balaban J connectivity index is 2.03. The SMILES string of the molecule is CC(N)N1CCC(C(=O)c2ccc(Cl)c(Cl)c2)CC1. The standard InChI is InChI=1S/C14H18Cl2N2O/c1-9(17)18-6-4-10(5-7-18)14(19)11-2-3-12(15)13(16)8-11/h2-3,8-10H,4-7,17H2,1H3. The minimum atomic E-state index is 0.0565. The zero-order chi connectivity index (χ0) is 14.0. The number of nitrogens with two attached hydrogens (primary N) is 1. The van der Waals surface area contributed by atoms with Gasteiger partial charge in [0.05, 0.1) is 16.2 Å². The summed E-state index contributed by atoms with van der Waals surface area (Å²) in [4.78, 5) is 14.6. The molecule has 1 fully saturated rings. The molecule has 1 unspecified atom stereocenters. The molecule has 104 valence electrons. The first-order valence-electron chi connectivity index (χ1n) is 6.48. The van der Waals surface area contributed by atoms with Crippen LogP contribution in [0.3, 0.4) is 0 Å². The summed E-state index contributed by atoms with van der Waals surface area (Å²) in [5, 5.41) is 0.908. The molecule has 1 aromatic rings. The summed E-state index contributed by atoms with van der Waals surface area (Å²) < 4.78 is 0. The number of benzene rings is 1. The van der Waals surface area contributed by atoms with Crippen molar-refractivity contribution in [2.45, 2.75) is 25.9 Å². The second-order valence-electron chi connectivity index (χ2n) is 5.04. The molecule has 5 heteroatoms. The quantitative estimate of drug-likeness (QED) is 0.872. The lowest BCUT2D eigenvalue weighted by molar-refractivity contribution is 0.0805. The Morgan fingerprint density at radius 3 is 2.47 bits per heavy atom. The fourth-order valence-corrected chi connectivity index (χ4v) is 2.75. The van der Waals surface area contributed by atoms with Gasteiger partial charge in [-0.25, -0.2) is 0 Å². The summed E-state index contributed by atoms with van der Waals surface area (Å²) in [6.07, 6.45) is 1.75. The lowest BCUT2D eigenvalue weighted by atomic mass is 9.89. The Labute approximate surface area is 123 Å². The van der Waals surface area contributed by atoms with Crippen molar-refractivity contribution in [3.05, 3.63) is 33.8 Å². The van der Waals surface area contributed by atoms with E-state index in [1.54, 1.807) is 18.2 Å². The molecular weight excluding hydrogens is 283 g/mol. The van der Waals surface area contributed by atoms with E-state index in [2.05, 4.69) is 4.90 Å². The van der Waals surface area contributed by atoms with E-state index in [-0.39, 0.29) is 17.9 Å². The highest BCUT2D eigenvalue weighted by Gasteiger charge is 2.27. The van der Waals surface area contributed by atoms with Crippen LogP contribution in [-0.2, 0) is 0 Å². The summed E-state index contributed by atoms with van der Waals surface area (Å²) in [7, 11) is 0. The van der Waals surface area contributed by atoms with Gasteiger partial charge in [-0.3, -0.25) is 9.69 Å². The number of carbonyl (C=O) groups is 1. The van der Waals surface area contributed by atoms with Crippen LogP contribution in [0.1, 0.15) is 30.1 Å². The molecule has 0 bridgehead atoms. The van der Waals surface area contributed by atoms with Gasteiger partial charge in [0, 0.05) is 24.6 Å². The molecule has 1 aliphatic rings. The average Bonchev–Trinajstić information content (AvgIpc) is 2.41. The van der Waals surface area contributed by atoms with Gasteiger partial charge in [-0.05, 0) is 38.0 Å². The number of Topliss-reactive ketones (excluding diaryl/α,β-unsaturated/α-hetero) is 1. The van der Waals surface area contributed by atoms with Gasteiger partial charge in [0.25, 0.3) is 0 Å². The Morgan fingerprint density at radius 1 is 1.32 bits per heavy atom. The van der Waals surface area contributed by atoms with Gasteiger partial charge in [-0.15, -0.1) is 0 Å². The zero-order valence-corrected chi connectivity index (χ0v) is 12.4. The number of hydrogen-bond acceptors (Lipinski definition) is 3. The third-order valence-corrected chi connectivity index (χ3v) is 4.42. The van der Waals surface area contributed by atoms with Gasteiger partial charge in [-0.2, -0.15) is 0 Å². The van der Waals surface area contributed by atoms with Crippen LogP contribution in [-0.4, -0.2) is 29.9 Å². The predicted molar refractivity (Wildman–Crippen MR) is 78.7 cm³/mol. The molecule has 0 saturated carbocycles. The van der Waals surface area contributed by atoms with Crippen molar-refractivity contribution >= 4 is 29.0 Å². The first-order valence-corrected chi connectivity index (χ1v) is 7.23. The maximum atomic E-state index is 12.4. The Morgan fingerprint density at radius 2 is 1.95 bits per heavy atom. The molecule has 1 aliphatic heterocycles. The molecule has 0 aromatic heterocycles. The third kappa shape index (κ3) is 3.48. The summed E-state index contributed by atoms with van der Waals surface area (Å²) in [5.74, 6) is 0.218. The molecule has 2 N–H and O–H groups in total. The molecule has 0 amide bonds. The van der Waals surface area contributed by atoms with E-state index < -0.39 is 0 Å². The average molecular weight is 301 g/mol. The maximum absolute atomic E-state index is 12.4. The summed E-state index contributed by atoms with van der Waals surface area (Å²) >= 11 is 11.8. The third-order valence-electron chi connectivity index (χ3n) is 3.68. The summed E-state index contributed by atoms with van der Waals surface area (Å²) in [6, 6.07) is 5.08. The second-order valence-corrected chi connectivity index (χ2v) is 5.86. The minimum absolute atomic E-state index is 0.0565. The molecule has 19 heavy (non-hydrogen) atoms. The first kappa shape index (κ1) is 14.8. The van der Waals surface area contributed by atoms with Crippen LogP contribution in [0, 0.1) is 5.92 Å². The number of halogens is 2. The van der Waals surface area contributed by atoms with Crippen molar-refractivity contribution in [3.63, 3.8) is 0 Å². The van der Waals surface area contributed by atoms with Crippen molar-refractivity contribution < 1.29 is 4.79 Å². The molecule has 3 nitrogen and oxygen atoms in total. The number of piperidine rings is 1. The molecule has 1 atom stereocenters. The van der Waals surface area contributed by atoms with Crippen molar-refractivity contribution in [1.29, 1.82) is 0 Å². The van der Waals surface area contributed by atoms with Crippen molar-refractivity contribution in [2.24, 2.45) is 11.7 Å². The summed E-state index contributed by atoms with van der Waals surface area (Å²) in [6.45, 7) is 3.71. The molecule has 1 saturated heterocycles. The number of carbonyl (C=O) groups excluding carboxylic acids is 1. The van der Waals surface area contributed by atoms with Crippen LogP contribution in [0.25, 0.3) is 0 Å². The van der Waals surface area contributed by atoms with Gasteiger partial charge in [0.1, 0.15) is 0 Å². The number of hydrogen-bond donors (Lipinski definition) is 1. The van der Waals surface area contributed by atoms with Crippen LogP contribution >= 0.6 is 23.2 Å². The Hall–Kier alpha value is -0.610. The first-order chi connectivity index (χ1) is 8.99. The molecule has 2 rings (SSSR count). The van der Waals surface area contributed by atoms with E-state index in [1.165, 1.54) is 0 Å². The number of ketones is 1. The largest absolute Gasteiger partial charge is 0.316 e. The lowest BCUT2D eigenvalue weighted by Gasteiger charge is -2.33. The highest BCUT2D eigenvalue weighted by atomic mass is 35.5. The fraction of sp³-hybridized carbons (Fsp3) is 0.500. The number of rotatable bonds is 3. The topological polar surface area (TPSA) is 46.3 Å². The van der Waals surface area contributed by atoms with E-state index in [0.29, 0.717) is 15.6 Å². The van der Waals surface area contributed by atoms with Crippen LogP contribution in [0.2, 0.25) is 10.0 Å². The minimum Gasteiger partial charge on any atom is -0.316 e. The van der Waals surface area contributed by atoms with E-state index in [0.717, 1.165) is 25.9 Å². The van der Waals surface area contributed by atoms with Crippen LogP contribution in [0.4, 0.5) is 0 Å².